The highest BCUT2D eigenvalue weighted by Gasteiger charge is 2.42. The van der Waals surface area contributed by atoms with E-state index in [2.05, 4.69) is 77.8 Å². The number of cyclic esters (lactones) is 1. The number of carbonyl (C=O) groups excluding carboxylic acids is 2. The summed E-state index contributed by atoms with van der Waals surface area (Å²) in [5.74, 6) is 0.383. The monoisotopic (exact) mass is 771 g/mol. The van der Waals surface area contributed by atoms with Gasteiger partial charge in [-0.2, -0.15) is 0 Å². The van der Waals surface area contributed by atoms with Crippen molar-refractivity contribution in [1.82, 2.24) is 4.98 Å². The van der Waals surface area contributed by atoms with Crippen LogP contribution in [0, 0.1) is 24.7 Å². The predicted molar refractivity (Wildman–Crippen MR) is 217 cm³/mol. The Morgan fingerprint density at radius 2 is 1.78 bits per heavy atom. The third-order valence-corrected chi connectivity index (χ3v) is 15.1. The van der Waals surface area contributed by atoms with Crippen molar-refractivity contribution in [2.45, 2.75) is 131 Å². The summed E-state index contributed by atoms with van der Waals surface area (Å²) in [6.07, 6.45) is 17.8. The average molecular weight is 772 g/mol. The van der Waals surface area contributed by atoms with Crippen LogP contribution in [0.4, 0.5) is 0 Å². The number of hydrogen-bond donors (Lipinski definition) is 0. The normalized spacial score (nSPS) is 21.0. The maximum Gasteiger partial charge on any atom is 0.306 e. The van der Waals surface area contributed by atoms with Gasteiger partial charge in [-0.3, -0.25) is 4.79 Å². The first-order valence-corrected chi connectivity index (χ1v) is 22.1. The molecule has 0 spiro atoms. The SMILES string of the molecule is COCCOCO[C@@H](C[C@H](O[Si](C)(C)C(C)(C)C)[C@H](C)[C@@H](OC)/C(C)=C/C=C/C(C)=C/c1coc(C)n1)/C(C)=C/C=C/[C@@H](C)[C@H]1C[C@@H](CC=O)CC(=O)O1. The van der Waals surface area contributed by atoms with Gasteiger partial charge in [-0.25, -0.2) is 4.98 Å². The molecule has 0 saturated carbocycles. The lowest BCUT2D eigenvalue weighted by Crippen LogP contribution is -2.48. The number of ether oxygens (including phenoxy) is 5. The fourth-order valence-corrected chi connectivity index (χ4v) is 7.62. The van der Waals surface area contributed by atoms with Crippen molar-refractivity contribution in [2.75, 3.05) is 34.2 Å². The molecule has 0 aromatic carbocycles. The lowest BCUT2D eigenvalue weighted by molar-refractivity contribution is -0.159. The van der Waals surface area contributed by atoms with Gasteiger partial charge in [0, 0.05) is 52.2 Å². The summed E-state index contributed by atoms with van der Waals surface area (Å²) in [7, 11) is 1.16. The quantitative estimate of drug-likeness (QED) is 0.0266. The Kier molecular flexibility index (Phi) is 20.3. The zero-order valence-corrected chi connectivity index (χ0v) is 36.3. The molecule has 2 rings (SSSR count). The molecule has 1 aliphatic heterocycles. The number of aryl methyl sites for hydroxylation is 1. The number of methoxy groups -OCH3 is 2. The Hall–Kier alpha value is -2.93. The fraction of sp³-hybridized carbons (Fsp3) is 0.651. The minimum atomic E-state index is -2.24. The van der Waals surface area contributed by atoms with E-state index in [9.17, 15) is 9.59 Å². The standard InChI is InChI=1S/C43H69NO9Si/c1-30(24-37-28-50-35(6)44-37)16-14-19-33(4)42(48-11)34(5)40(53-54(12,13)43(7,8)9)27-38(51-29-49-23-22-47-10)31(2)17-15-18-32(3)39-25-36(20-21-45)26-41(46)52-39/h14-19,21,24,28,32,34,36,38-40,42H,20,22-23,25-27,29H2,1-13H3/b16-14+,18-15+,30-24+,31-17+,33-19+/t32-,34+,36-,38+,39-,40+,42+/m1/s1. The summed E-state index contributed by atoms with van der Waals surface area (Å²) in [4.78, 5) is 27.7. The number of hydrogen-bond acceptors (Lipinski definition) is 10. The van der Waals surface area contributed by atoms with Gasteiger partial charge in [0.05, 0.1) is 31.5 Å². The van der Waals surface area contributed by atoms with E-state index in [-0.39, 0.29) is 60.0 Å². The van der Waals surface area contributed by atoms with Gasteiger partial charge < -0.3 is 37.3 Å². The minimum Gasteiger partial charge on any atom is -0.462 e. The molecule has 54 heavy (non-hydrogen) atoms. The number of oxazole rings is 1. The first-order chi connectivity index (χ1) is 25.4. The van der Waals surface area contributed by atoms with Gasteiger partial charge in [0.25, 0.3) is 0 Å². The molecule has 10 nitrogen and oxygen atoms in total. The zero-order valence-electron chi connectivity index (χ0n) is 35.3. The number of allylic oxidation sites excluding steroid dienone is 6. The third kappa shape index (κ3) is 16.0. The number of nitrogens with zero attached hydrogens (tertiary/aromatic N) is 1. The Morgan fingerprint density at radius 3 is 2.39 bits per heavy atom. The molecule has 0 radical (unpaired) electrons. The highest BCUT2D eigenvalue weighted by atomic mass is 28.4. The largest absolute Gasteiger partial charge is 0.462 e. The molecular formula is C43H69NO9Si. The number of carbonyl (C=O) groups is 2. The molecule has 1 saturated heterocycles. The van der Waals surface area contributed by atoms with E-state index in [1.165, 1.54) is 0 Å². The van der Waals surface area contributed by atoms with Crippen LogP contribution >= 0.6 is 0 Å². The summed E-state index contributed by atoms with van der Waals surface area (Å²) in [5, 5.41) is -0.00984. The smallest absolute Gasteiger partial charge is 0.306 e. The van der Waals surface area contributed by atoms with Gasteiger partial charge in [0.15, 0.2) is 14.2 Å². The number of rotatable bonds is 23. The summed E-state index contributed by atoms with van der Waals surface area (Å²) in [5.41, 5.74) is 3.93. The Bertz CT molecular complexity index is 1450. The van der Waals surface area contributed by atoms with Crippen LogP contribution in [0.15, 0.2) is 63.9 Å². The van der Waals surface area contributed by atoms with E-state index in [4.69, 9.17) is 32.5 Å². The summed E-state index contributed by atoms with van der Waals surface area (Å²) >= 11 is 0. The molecule has 2 heterocycles. The lowest BCUT2D eigenvalue weighted by atomic mass is 9.87. The first kappa shape index (κ1) is 47.2. The molecule has 7 atom stereocenters. The van der Waals surface area contributed by atoms with Crippen molar-refractivity contribution >= 4 is 26.6 Å². The number of aldehydes is 1. The Labute approximate surface area is 326 Å². The van der Waals surface area contributed by atoms with Gasteiger partial charge in [0.2, 0.25) is 0 Å². The summed E-state index contributed by atoms with van der Waals surface area (Å²) < 4.78 is 41.8. The van der Waals surface area contributed by atoms with Crippen molar-refractivity contribution < 1.29 is 42.1 Å². The van der Waals surface area contributed by atoms with Gasteiger partial charge in [-0.05, 0) is 74.0 Å². The van der Waals surface area contributed by atoms with Crippen LogP contribution in [-0.2, 0) is 37.7 Å². The number of esters is 1. The second kappa shape index (κ2) is 23.2. The molecule has 1 aromatic rings. The molecule has 1 aliphatic rings. The lowest BCUT2D eigenvalue weighted by Gasteiger charge is -2.43. The average Bonchev–Trinajstić information content (AvgIpc) is 3.50. The van der Waals surface area contributed by atoms with Gasteiger partial charge in [-0.15, -0.1) is 0 Å². The maximum atomic E-state index is 12.2. The highest BCUT2D eigenvalue weighted by molar-refractivity contribution is 6.74. The topological polar surface area (TPSA) is 116 Å². The molecule has 0 amide bonds. The van der Waals surface area contributed by atoms with Gasteiger partial charge >= 0.3 is 5.97 Å². The van der Waals surface area contributed by atoms with Crippen molar-refractivity contribution in [3.8, 4) is 0 Å². The van der Waals surface area contributed by atoms with E-state index < -0.39 is 8.32 Å². The van der Waals surface area contributed by atoms with E-state index >= 15 is 0 Å². The van der Waals surface area contributed by atoms with Crippen molar-refractivity contribution in [1.29, 1.82) is 0 Å². The van der Waals surface area contributed by atoms with Crippen LogP contribution in [0.2, 0.25) is 18.1 Å². The van der Waals surface area contributed by atoms with E-state index in [0.29, 0.717) is 44.8 Å². The fourth-order valence-electron chi connectivity index (χ4n) is 6.20. The van der Waals surface area contributed by atoms with Gasteiger partial charge in [-0.1, -0.05) is 71.1 Å². The molecule has 0 aliphatic carbocycles. The second-order valence-corrected chi connectivity index (χ2v) is 20.9. The molecule has 0 bridgehead atoms. The van der Waals surface area contributed by atoms with Crippen molar-refractivity contribution in [2.24, 2.45) is 17.8 Å². The minimum absolute atomic E-state index is 0.00984. The maximum absolute atomic E-state index is 12.2. The van der Waals surface area contributed by atoms with Crippen LogP contribution in [0.5, 0.6) is 0 Å². The molecule has 304 valence electrons. The predicted octanol–water partition coefficient (Wildman–Crippen LogP) is 9.38. The zero-order chi connectivity index (χ0) is 40.5. The van der Waals surface area contributed by atoms with E-state index in [0.717, 1.165) is 28.7 Å². The first-order valence-electron chi connectivity index (χ1n) is 19.2. The van der Waals surface area contributed by atoms with E-state index in [1.807, 2.05) is 45.1 Å². The summed E-state index contributed by atoms with van der Waals surface area (Å²) in [6, 6.07) is 0. The summed E-state index contributed by atoms with van der Waals surface area (Å²) in [6.45, 7) is 24.6. The van der Waals surface area contributed by atoms with Crippen LogP contribution in [0.1, 0.15) is 92.7 Å². The Balaban J connectivity index is 2.39. The Morgan fingerprint density at radius 1 is 1.07 bits per heavy atom. The molecule has 0 N–H and O–H groups in total. The molecule has 1 aromatic heterocycles. The van der Waals surface area contributed by atoms with Crippen molar-refractivity contribution in [3.63, 3.8) is 0 Å². The molecule has 11 heteroatoms. The van der Waals surface area contributed by atoms with Crippen molar-refractivity contribution in [3.05, 3.63) is 71.0 Å². The highest BCUT2D eigenvalue weighted by Crippen LogP contribution is 2.40. The van der Waals surface area contributed by atoms with E-state index in [1.54, 1.807) is 20.5 Å². The van der Waals surface area contributed by atoms with Crippen LogP contribution < -0.4 is 0 Å². The van der Waals surface area contributed by atoms with Crippen LogP contribution in [0.25, 0.3) is 6.08 Å². The third-order valence-electron chi connectivity index (χ3n) is 10.6. The van der Waals surface area contributed by atoms with Gasteiger partial charge in [0.1, 0.15) is 31.1 Å². The van der Waals surface area contributed by atoms with Crippen LogP contribution in [0.3, 0.4) is 0 Å². The molecular weight excluding hydrogens is 703 g/mol. The molecule has 0 unspecified atom stereocenters. The molecule has 1 fully saturated rings. The van der Waals surface area contributed by atoms with Crippen LogP contribution in [-0.4, -0.2) is 84.2 Å². The number of aromatic nitrogens is 1. The second-order valence-electron chi connectivity index (χ2n) is 16.2.